The predicted octanol–water partition coefficient (Wildman–Crippen LogP) is 3.69. The number of hydrogen-bond donors (Lipinski definition) is 2. The lowest BCUT2D eigenvalue weighted by molar-refractivity contribution is -0.00770. The average Bonchev–Trinajstić information content (AvgIpc) is 3.29. The van der Waals surface area contributed by atoms with Crippen LogP contribution in [0.3, 0.4) is 0 Å². The van der Waals surface area contributed by atoms with E-state index in [1.165, 1.54) is 38.5 Å². The third kappa shape index (κ3) is 2.03. The lowest BCUT2D eigenvalue weighted by Gasteiger charge is -2.56. The van der Waals surface area contributed by atoms with Gasteiger partial charge in [0.15, 0.2) is 0 Å². The molecule has 0 radical (unpaired) electrons. The van der Waals surface area contributed by atoms with Gasteiger partial charge in [0, 0.05) is 11.1 Å². The molecule has 3 heterocycles. The van der Waals surface area contributed by atoms with E-state index in [2.05, 4.69) is 16.3 Å². The molecule has 1 atom stereocenters. The number of aromatic amines is 1. The highest BCUT2D eigenvalue weighted by molar-refractivity contribution is 5.55. The third-order valence-electron chi connectivity index (χ3n) is 7.34. The van der Waals surface area contributed by atoms with Gasteiger partial charge in [0.2, 0.25) is 11.8 Å². The van der Waals surface area contributed by atoms with Crippen LogP contribution in [0.15, 0.2) is 34.3 Å². The normalized spacial score (nSPS) is 36.4. The van der Waals surface area contributed by atoms with Crippen molar-refractivity contribution >= 4 is 0 Å². The molecule has 0 amide bonds. The van der Waals surface area contributed by atoms with Crippen molar-refractivity contribution in [1.29, 1.82) is 5.26 Å². The van der Waals surface area contributed by atoms with Crippen molar-refractivity contribution < 1.29 is 9.15 Å². The molecule has 0 spiro atoms. The first-order chi connectivity index (χ1) is 13.2. The molecule has 3 N–H and O–H groups in total. The van der Waals surface area contributed by atoms with Crippen LogP contribution in [0.1, 0.15) is 61.5 Å². The van der Waals surface area contributed by atoms with E-state index < -0.39 is 0 Å². The zero-order chi connectivity index (χ0) is 18.2. The average molecular weight is 362 g/mol. The Morgan fingerprint density at radius 3 is 2.48 bits per heavy atom. The van der Waals surface area contributed by atoms with Gasteiger partial charge < -0.3 is 14.9 Å². The molecule has 5 aliphatic rings. The standard InChI is InChI=1S/C21H22N4O2/c22-10-14-16(15-2-1-3-26-15)17-18(24-25-20(17)27-19(14)23)21-7-11-4-12(8-21)6-13(5-11)9-21/h1-3,11-13,16H,4-9,23H2,(H,24,25)/t11?,12?,13?,16-,21?/m0/s1. The number of nitriles is 1. The van der Waals surface area contributed by atoms with Crippen LogP contribution in [-0.2, 0) is 5.41 Å². The van der Waals surface area contributed by atoms with Crippen LogP contribution in [0.4, 0.5) is 0 Å². The van der Waals surface area contributed by atoms with Crippen LogP contribution >= 0.6 is 0 Å². The number of fused-ring (bicyclic) bond motifs is 1. The minimum atomic E-state index is -0.351. The van der Waals surface area contributed by atoms with Crippen molar-refractivity contribution in [3.05, 3.63) is 46.9 Å². The lowest BCUT2D eigenvalue weighted by Crippen LogP contribution is -2.49. The van der Waals surface area contributed by atoms with E-state index in [1.807, 2.05) is 12.1 Å². The number of nitrogens with two attached hydrogens (primary N) is 1. The van der Waals surface area contributed by atoms with Crippen LogP contribution in [-0.4, -0.2) is 10.2 Å². The first-order valence-electron chi connectivity index (χ1n) is 9.86. The number of furan rings is 1. The number of allylic oxidation sites excluding steroid dienone is 1. The molecular weight excluding hydrogens is 340 g/mol. The van der Waals surface area contributed by atoms with E-state index in [0.29, 0.717) is 17.2 Å². The monoisotopic (exact) mass is 362 g/mol. The van der Waals surface area contributed by atoms with Gasteiger partial charge in [0.1, 0.15) is 17.4 Å². The molecular formula is C21H22N4O2. The Balaban J connectivity index is 1.53. The Kier molecular flexibility index (Phi) is 2.96. The number of ether oxygens (including phenoxy) is 1. The van der Waals surface area contributed by atoms with Crippen LogP contribution in [0.2, 0.25) is 0 Å². The van der Waals surface area contributed by atoms with Crippen LogP contribution in [0.5, 0.6) is 5.88 Å². The van der Waals surface area contributed by atoms with Gasteiger partial charge in [0.25, 0.3) is 0 Å². The highest BCUT2D eigenvalue weighted by Gasteiger charge is 2.54. The van der Waals surface area contributed by atoms with Crippen molar-refractivity contribution in [2.24, 2.45) is 23.5 Å². The molecule has 2 aromatic heterocycles. The Morgan fingerprint density at radius 2 is 1.89 bits per heavy atom. The maximum atomic E-state index is 9.78. The van der Waals surface area contributed by atoms with Gasteiger partial charge in [-0.25, -0.2) is 0 Å². The van der Waals surface area contributed by atoms with E-state index >= 15 is 0 Å². The van der Waals surface area contributed by atoms with Gasteiger partial charge >= 0.3 is 0 Å². The summed E-state index contributed by atoms with van der Waals surface area (Å²) < 4.78 is 11.5. The van der Waals surface area contributed by atoms with Gasteiger partial charge in [-0.2, -0.15) is 5.26 Å². The number of hydrogen-bond acceptors (Lipinski definition) is 5. The first-order valence-corrected chi connectivity index (χ1v) is 9.86. The second kappa shape index (κ2) is 5.19. The van der Waals surface area contributed by atoms with Crippen molar-refractivity contribution in [3.63, 3.8) is 0 Å². The molecule has 4 bridgehead atoms. The minimum Gasteiger partial charge on any atom is -0.468 e. The summed E-state index contributed by atoms with van der Waals surface area (Å²) in [6.45, 7) is 0. The van der Waals surface area contributed by atoms with Crippen LogP contribution < -0.4 is 10.5 Å². The molecule has 4 fully saturated rings. The second-order valence-electron chi connectivity index (χ2n) is 8.96. The summed E-state index contributed by atoms with van der Waals surface area (Å²) in [6.07, 6.45) is 9.40. The van der Waals surface area contributed by atoms with Gasteiger partial charge in [-0.3, -0.25) is 5.10 Å². The van der Waals surface area contributed by atoms with Crippen molar-refractivity contribution in [2.75, 3.05) is 0 Å². The van der Waals surface area contributed by atoms with E-state index in [0.717, 1.165) is 29.0 Å². The van der Waals surface area contributed by atoms with Gasteiger partial charge in [-0.15, -0.1) is 5.10 Å². The number of aromatic nitrogens is 2. The van der Waals surface area contributed by atoms with Crippen LogP contribution in [0.25, 0.3) is 0 Å². The van der Waals surface area contributed by atoms with E-state index in [1.54, 1.807) is 6.26 Å². The number of nitrogens with one attached hydrogen (secondary N) is 1. The molecule has 27 heavy (non-hydrogen) atoms. The fraction of sp³-hybridized carbons (Fsp3) is 0.524. The first kappa shape index (κ1) is 15.4. The SMILES string of the molecule is N#CC1=C(N)Oc2n[nH]c(C34CC5CC(CC(C5)C3)C4)c2[C@@H]1c1ccco1. The maximum absolute atomic E-state index is 9.78. The fourth-order valence-electron chi connectivity index (χ4n) is 6.81. The summed E-state index contributed by atoms with van der Waals surface area (Å²) in [5.74, 6) is 3.43. The van der Waals surface area contributed by atoms with Crippen molar-refractivity contribution in [2.45, 2.75) is 49.9 Å². The topological polar surface area (TPSA) is 101 Å². The zero-order valence-electron chi connectivity index (χ0n) is 15.1. The fourth-order valence-corrected chi connectivity index (χ4v) is 6.81. The number of H-pyrrole nitrogens is 1. The quantitative estimate of drug-likeness (QED) is 0.848. The summed E-state index contributed by atoms with van der Waals surface area (Å²) in [6, 6.07) is 6.00. The largest absolute Gasteiger partial charge is 0.468 e. The molecule has 0 unspecified atom stereocenters. The lowest BCUT2D eigenvalue weighted by atomic mass is 9.48. The smallest absolute Gasteiger partial charge is 0.244 e. The molecule has 6 nitrogen and oxygen atoms in total. The maximum Gasteiger partial charge on any atom is 0.244 e. The summed E-state index contributed by atoms with van der Waals surface area (Å²) in [7, 11) is 0. The zero-order valence-corrected chi connectivity index (χ0v) is 15.1. The van der Waals surface area contributed by atoms with E-state index in [9.17, 15) is 5.26 Å². The highest BCUT2D eigenvalue weighted by atomic mass is 16.5. The molecule has 6 heteroatoms. The Morgan fingerprint density at radius 1 is 1.19 bits per heavy atom. The van der Waals surface area contributed by atoms with Gasteiger partial charge in [-0.05, 0) is 68.4 Å². The highest BCUT2D eigenvalue weighted by Crippen LogP contribution is 2.62. The molecule has 7 rings (SSSR count). The number of nitrogens with zero attached hydrogens (tertiary/aromatic N) is 2. The second-order valence-corrected chi connectivity index (χ2v) is 8.96. The summed E-state index contributed by atoms with van der Waals surface area (Å²) in [4.78, 5) is 0. The summed E-state index contributed by atoms with van der Waals surface area (Å²) >= 11 is 0. The van der Waals surface area contributed by atoms with Gasteiger partial charge in [-0.1, -0.05) is 0 Å². The summed E-state index contributed by atoms with van der Waals surface area (Å²) in [5, 5.41) is 17.6. The molecule has 1 aliphatic heterocycles. The van der Waals surface area contributed by atoms with E-state index in [-0.39, 0.29) is 17.2 Å². The Hall–Kier alpha value is -2.68. The third-order valence-corrected chi connectivity index (χ3v) is 7.34. The molecule has 4 aliphatic carbocycles. The molecule has 0 aromatic carbocycles. The van der Waals surface area contributed by atoms with Crippen molar-refractivity contribution in [1.82, 2.24) is 10.2 Å². The van der Waals surface area contributed by atoms with E-state index in [4.69, 9.17) is 14.9 Å². The molecule has 0 saturated heterocycles. The van der Waals surface area contributed by atoms with Gasteiger partial charge in [0.05, 0.1) is 17.7 Å². The minimum absolute atomic E-state index is 0.120. The Bertz CT molecular complexity index is 943. The van der Waals surface area contributed by atoms with Crippen molar-refractivity contribution in [3.8, 4) is 11.9 Å². The predicted molar refractivity (Wildman–Crippen MR) is 96.4 cm³/mol. The molecule has 138 valence electrons. The van der Waals surface area contributed by atoms with Crippen LogP contribution in [0, 0.1) is 29.1 Å². The summed E-state index contributed by atoms with van der Waals surface area (Å²) in [5.41, 5.74) is 8.69. The molecule has 2 aromatic rings. The number of rotatable bonds is 2. The molecule has 4 saturated carbocycles. The Labute approximate surface area is 157 Å².